The standard InChI is InChI=1S/C25H35N3O5S/c1-18(2)15-26-25(30)20(4)28(16-21-9-11-22(33-6)12-10-21)24(29)17-27(5)34(31,32)23-13-7-19(3)8-14-23/h7-14,18,20H,15-17H2,1-6H3,(H,26,30). The van der Waals surface area contributed by atoms with Gasteiger partial charge >= 0.3 is 0 Å². The average molecular weight is 490 g/mol. The van der Waals surface area contributed by atoms with Gasteiger partial charge in [0, 0.05) is 20.1 Å². The number of amides is 2. The lowest BCUT2D eigenvalue weighted by molar-refractivity contribution is -0.140. The van der Waals surface area contributed by atoms with Gasteiger partial charge in [0.2, 0.25) is 21.8 Å². The Morgan fingerprint density at radius 2 is 1.59 bits per heavy atom. The van der Waals surface area contributed by atoms with E-state index in [1.807, 2.05) is 32.9 Å². The highest BCUT2D eigenvalue weighted by Gasteiger charge is 2.30. The van der Waals surface area contributed by atoms with Gasteiger partial charge in [-0.2, -0.15) is 4.31 Å². The van der Waals surface area contributed by atoms with Gasteiger partial charge in [-0.05, 0) is 49.6 Å². The Morgan fingerprint density at radius 3 is 2.12 bits per heavy atom. The summed E-state index contributed by atoms with van der Waals surface area (Å²) in [6.07, 6.45) is 0. The minimum atomic E-state index is -3.86. The number of methoxy groups -OCH3 is 1. The third-order valence-electron chi connectivity index (χ3n) is 5.45. The van der Waals surface area contributed by atoms with Gasteiger partial charge in [-0.15, -0.1) is 0 Å². The van der Waals surface area contributed by atoms with Crippen LogP contribution in [0.5, 0.6) is 5.75 Å². The predicted octanol–water partition coefficient (Wildman–Crippen LogP) is 2.81. The fourth-order valence-corrected chi connectivity index (χ4v) is 4.34. The van der Waals surface area contributed by atoms with E-state index in [9.17, 15) is 18.0 Å². The number of benzene rings is 2. The summed E-state index contributed by atoms with van der Waals surface area (Å²) >= 11 is 0. The summed E-state index contributed by atoms with van der Waals surface area (Å²) < 4.78 is 32.1. The number of aryl methyl sites for hydroxylation is 1. The van der Waals surface area contributed by atoms with Gasteiger partial charge in [0.25, 0.3) is 0 Å². The van der Waals surface area contributed by atoms with Crippen molar-refractivity contribution in [3.63, 3.8) is 0 Å². The highest BCUT2D eigenvalue weighted by molar-refractivity contribution is 7.89. The highest BCUT2D eigenvalue weighted by atomic mass is 32.2. The van der Waals surface area contributed by atoms with Crippen LogP contribution in [0.2, 0.25) is 0 Å². The van der Waals surface area contributed by atoms with Gasteiger partial charge in [-0.3, -0.25) is 9.59 Å². The van der Waals surface area contributed by atoms with Crippen molar-refractivity contribution in [3.05, 3.63) is 59.7 Å². The molecule has 2 aromatic carbocycles. The van der Waals surface area contributed by atoms with Gasteiger partial charge in [-0.25, -0.2) is 8.42 Å². The molecule has 0 radical (unpaired) electrons. The molecule has 0 heterocycles. The van der Waals surface area contributed by atoms with E-state index in [0.29, 0.717) is 12.3 Å². The zero-order chi connectivity index (χ0) is 25.5. The molecule has 2 rings (SSSR count). The number of sulfonamides is 1. The number of hydrogen-bond donors (Lipinski definition) is 1. The van der Waals surface area contributed by atoms with Crippen molar-refractivity contribution in [1.29, 1.82) is 0 Å². The Hall–Kier alpha value is -2.91. The van der Waals surface area contributed by atoms with Crippen LogP contribution in [0.25, 0.3) is 0 Å². The van der Waals surface area contributed by atoms with Crippen LogP contribution >= 0.6 is 0 Å². The Labute approximate surface area is 202 Å². The molecule has 2 amide bonds. The molecule has 8 nitrogen and oxygen atoms in total. The maximum absolute atomic E-state index is 13.3. The molecule has 1 atom stereocenters. The quantitative estimate of drug-likeness (QED) is 0.524. The van der Waals surface area contributed by atoms with E-state index < -0.39 is 28.5 Å². The van der Waals surface area contributed by atoms with Crippen LogP contribution in [0.4, 0.5) is 0 Å². The number of likely N-dealkylation sites (N-methyl/N-ethyl adjacent to an activating group) is 1. The predicted molar refractivity (Wildman–Crippen MR) is 132 cm³/mol. The number of hydrogen-bond acceptors (Lipinski definition) is 5. The molecule has 0 saturated heterocycles. The van der Waals surface area contributed by atoms with Crippen molar-refractivity contribution in [2.45, 2.75) is 45.2 Å². The first-order valence-electron chi connectivity index (χ1n) is 11.2. The van der Waals surface area contributed by atoms with E-state index in [-0.39, 0.29) is 23.3 Å². The first kappa shape index (κ1) is 27.3. The lowest BCUT2D eigenvalue weighted by Crippen LogP contribution is -2.51. The van der Waals surface area contributed by atoms with Crippen molar-refractivity contribution in [3.8, 4) is 5.75 Å². The number of carbonyl (C=O) groups is 2. The Kier molecular flexibility index (Phi) is 9.64. The zero-order valence-electron chi connectivity index (χ0n) is 20.7. The Balaban J connectivity index is 2.25. The van der Waals surface area contributed by atoms with Crippen LogP contribution in [-0.4, -0.2) is 62.7 Å². The van der Waals surface area contributed by atoms with E-state index in [2.05, 4.69) is 5.32 Å². The summed E-state index contributed by atoms with van der Waals surface area (Å²) in [5.41, 5.74) is 1.73. The molecule has 186 valence electrons. The fourth-order valence-electron chi connectivity index (χ4n) is 3.22. The molecule has 0 aliphatic heterocycles. The second kappa shape index (κ2) is 12.0. The average Bonchev–Trinajstić information content (AvgIpc) is 2.81. The maximum Gasteiger partial charge on any atom is 0.243 e. The first-order chi connectivity index (χ1) is 15.9. The van der Waals surface area contributed by atoms with Gasteiger partial charge in [0.1, 0.15) is 11.8 Å². The molecule has 0 aromatic heterocycles. The molecule has 1 N–H and O–H groups in total. The second-order valence-electron chi connectivity index (χ2n) is 8.76. The van der Waals surface area contributed by atoms with Gasteiger partial charge in [-0.1, -0.05) is 43.7 Å². The van der Waals surface area contributed by atoms with Crippen LogP contribution in [0.15, 0.2) is 53.4 Å². The maximum atomic E-state index is 13.3. The van der Waals surface area contributed by atoms with E-state index in [1.54, 1.807) is 38.3 Å². The molecule has 9 heteroatoms. The molecule has 0 saturated carbocycles. The highest BCUT2D eigenvalue weighted by Crippen LogP contribution is 2.18. The molecule has 0 aliphatic carbocycles. The fraction of sp³-hybridized carbons (Fsp3) is 0.440. The normalized spacial score (nSPS) is 12.5. The van der Waals surface area contributed by atoms with E-state index in [1.165, 1.54) is 24.1 Å². The molecule has 0 aliphatic rings. The number of carbonyl (C=O) groups excluding carboxylic acids is 2. The van der Waals surface area contributed by atoms with E-state index >= 15 is 0 Å². The van der Waals surface area contributed by atoms with Crippen LogP contribution < -0.4 is 10.1 Å². The summed E-state index contributed by atoms with van der Waals surface area (Å²) in [5, 5.41) is 2.85. The van der Waals surface area contributed by atoms with Crippen LogP contribution in [-0.2, 0) is 26.2 Å². The topological polar surface area (TPSA) is 96.0 Å². The third kappa shape index (κ3) is 7.30. The number of ether oxygens (including phenoxy) is 1. The van der Waals surface area contributed by atoms with Crippen LogP contribution in [0.1, 0.15) is 31.9 Å². The van der Waals surface area contributed by atoms with Crippen molar-refractivity contribution in [2.24, 2.45) is 5.92 Å². The lowest BCUT2D eigenvalue weighted by Gasteiger charge is -2.30. The molecule has 34 heavy (non-hydrogen) atoms. The monoisotopic (exact) mass is 489 g/mol. The smallest absolute Gasteiger partial charge is 0.243 e. The van der Waals surface area contributed by atoms with Crippen LogP contribution in [0, 0.1) is 12.8 Å². The second-order valence-corrected chi connectivity index (χ2v) is 10.8. The zero-order valence-corrected chi connectivity index (χ0v) is 21.6. The molecule has 1 unspecified atom stereocenters. The molecule has 0 spiro atoms. The van der Waals surface area contributed by atoms with Crippen molar-refractivity contribution in [1.82, 2.24) is 14.5 Å². The summed E-state index contributed by atoms with van der Waals surface area (Å²) in [5.74, 6) is 0.168. The molecular formula is C25H35N3O5S. The van der Waals surface area contributed by atoms with E-state index in [0.717, 1.165) is 15.4 Å². The summed E-state index contributed by atoms with van der Waals surface area (Å²) in [6, 6.07) is 12.8. The number of rotatable bonds is 11. The molecular weight excluding hydrogens is 454 g/mol. The SMILES string of the molecule is COc1ccc(CN(C(=O)CN(C)S(=O)(=O)c2ccc(C)cc2)C(C)C(=O)NCC(C)C)cc1. The van der Waals surface area contributed by atoms with Gasteiger partial charge < -0.3 is 15.0 Å². The van der Waals surface area contributed by atoms with Gasteiger partial charge in [0.15, 0.2) is 0 Å². The minimum Gasteiger partial charge on any atom is -0.497 e. The summed E-state index contributed by atoms with van der Waals surface area (Å²) in [4.78, 5) is 27.6. The van der Waals surface area contributed by atoms with Gasteiger partial charge in [0.05, 0.1) is 18.6 Å². The van der Waals surface area contributed by atoms with Crippen molar-refractivity contribution in [2.75, 3.05) is 27.2 Å². The summed E-state index contributed by atoms with van der Waals surface area (Å²) in [7, 11) is -0.936. The molecule has 0 fully saturated rings. The van der Waals surface area contributed by atoms with Crippen LogP contribution in [0.3, 0.4) is 0 Å². The third-order valence-corrected chi connectivity index (χ3v) is 7.27. The van der Waals surface area contributed by atoms with Crippen molar-refractivity contribution >= 4 is 21.8 Å². The van der Waals surface area contributed by atoms with Crippen molar-refractivity contribution < 1.29 is 22.7 Å². The lowest BCUT2D eigenvalue weighted by atomic mass is 10.1. The first-order valence-corrected chi connectivity index (χ1v) is 12.6. The largest absolute Gasteiger partial charge is 0.497 e. The Morgan fingerprint density at radius 1 is 1.00 bits per heavy atom. The van der Waals surface area contributed by atoms with E-state index in [4.69, 9.17) is 4.74 Å². The minimum absolute atomic E-state index is 0.109. The molecule has 0 bridgehead atoms. The summed E-state index contributed by atoms with van der Waals surface area (Å²) in [6.45, 7) is 7.71. The number of nitrogens with one attached hydrogen (secondary N) is 1. The Bertz CT molecular complexity index is 1070. The number of nitrogens with zero attached hydrogens (tertiary/aromatic N) is 2. The molecule has 2 aromatic rings.